The summed E-state index contributed by atoms with van der Waals surface area (Å²) in [4.78, 5) is 14.7. The van der Waals surface area contributed by atoms with Crippen molar-refractivity contribution in [3.63, 3.8) is 0 Å². The summed E-state index contributed by atoms with van der Waals surface area (Å²) in [7, 11) is 0. The van der Waals surface area contributed by atoms with E-state index in [1.807, 2.05) is 53.3 Å². The van der Waals surface area contributed by atoms with Crippen LogP contribution >= 0.6 is 11.6 Å². The molecule has 1 aliphatic rings. The summed E-state index contributed by atoms with van der Waals surface area (Å²) in [5, 5.41) is 8.25. The van der Waals surface area contributed by atoms with Crippen LogP contribution in [0.15, 0.2) is 67.0 Å². The minimum absolute atomic E-state index is 0.0857. The molecule has 0 bridgehead atoms. The van der Waals surface area contributed by atoms with Crippen LogP contribution in [0.2, 0.25) is 5.02 Å². The number of benzene rings is 2. The minimum atomic E-state index is -0.194. The Morgan fingerprint density at radius 2 is 1.93 bits per heavy atom. The van der Waals surface area contributed by atoms with Gasteiger partial charge >= 0.3 is 0 Å². The summed E-state index contributed by atoms with van der Waals surface area (Å²) in [6.07, 6.45) is 5.46. The van der Waals surface area contributed by atoms with E-state index in [9.17, 15) is 4.79 Å². The molecule has 138 valence electrons. The van der Waals surface area contributed by atoms with Crippen LogP contribution in [0.1, 0.15) is 18.4 Å². The van der Waals surface area contributed by atoms with E-state index in [2.05, 4.69) is 22.5 Å². The molecule has 1 aromatic heterocycles. The van der Waals surface area contributed by atoms with Gasteiger partial charge in [0.25, 0.3) is 0 Å². The molecule has 1 saturated heterocycles. The second kappa shape index (κ2) is 7.94. The van der Waals surface area contributed by atoms with Gasteiger partial charge in [-0.1, -0.05) is 35.9 Å². The van der Waals surface area contributed by atoms with Crippen LogP contribution in [0.3, 0.4) is 0 Å². The fourth-order valence-electron chi connectivity index (χ4n) is 3.40. The molecule has 2 aromatic carbocycles. The Morgan fingerprint density at radius 1 is 1.11 bits per heavy atom. The summed E-state index contributed by atoms with van der Waals surface area (Å²) in [5.74, 6) is 0.0857. The summed E-state index contributed by atoms with van der Waals surface area (Å²) in [5.41, 5.74) is 2.94. The fraction of sp³-hybridized carbons (Fsp3) is 0.238. The molecule has 0 radical (unpaired) electrons. The molecule has 5 nitrogen and oxygen atoms in total. The van der Waals surface area contributed by atoms with Crippen molar-refractivity contribution in [1.82, 2.24) is 15.1 Å². The molecule has 27 heavy (non-hydrogen) atoms. The van der Waals surface area contributed by atoms with Crippen molar-refractivity contribution in [3.05, 3.63) is 77.6 Å². The van der Waals surface area contributed by atoms with Crippen molar-refractivity contribution >= 4 is 23.2 Å². The first-order valence-corrected chi connectivity index (χ1v) is 9.48. The van der Waals surface area contributed by atoms with Crippen molar-refractivity contribution in [3.8, 4) is 5.69 Å². The number of hydrogen-bond donors (Lipinski definition) is 1. The lowest BCUT2D eigenvalue weighted by Gasteiger charge is -2.33. The molecule has 1 atom stereocenters. The Bertz CT molecular complexity index is 908. The Kier molecular flexibility index (Phi) is 5.23. The second-order valence-corrected chi connectivity index (χ2v) is 7.04. The minimum Gasteiger partial charge on any atom is -0.310 e. The quantitative estimate of drug-likeness (QED) is 0.732. The van der Waals surface area contributed by atoms with E-state index in [0.29, 0.717) is 18.1 Å². The third-order valence-electron chi connectivity index (χ3n) is 4.84. The second-order valence-electron chi connectivity index (χ2n) is 6.63. The zero-order chi connectivity index (χ0) is 18.6. The van der Waals surface area contributed by atoms with Gasteiger partial charge < -0.3 is 10.2 Å². The summed E-state index contributed by atoms with van der Waals surface area (Å²) in [6.45, 7) is 1.35. The van der Waals surface area contributed by atoms with Crippen LogP contribution < -0.4 is 10.2 Å². The van der Waals surface area contributed by atoms with Crippen LogP contribution in [-0.4, -0.2) is 28.3 Å². The monoisotopic (exact) mass is 380 g/mol. The maximum absolute atomic E-state index is 12.9. The Morgan fingerprint density at radius 3 is 2.67 bits per heavy atom. The van der Waals surface area contributed by atoms with Gasteiger partial charge in [-0.2, -0.15) is 5.10 Å². The molecule has 1 fully saturated rings. The highest BCUT2D eigenvalue weighted by Crippen LogP contribution is 2.28. The van der Waals surface area contributed by atoms with Gasteiger partial charge in [-0.3, -0.25) is 4.79 Å². The maximum Gasteiger partial charge on any atom is 0.244 e. The van der Waals surface area contributed by atoms with E-state index in [1.165, 1.54) is 0 Å². The average molecular weight is 381 g/mol. The third-order valence-corrected chi connectivity index (χ3v) is 5.16. The molecule has 1 amide bonds. The highest BCUT2D eigenvalue weighted by molar-refractivity contribution is 6.33. The van der Waals surface area contributed by atoms with Crippen molar-refractivity contribution in [2.75, 3.05) is 11.4 Å². The zero-order valence-electron chi connectivity index (χ0n) is 14.9. The number of para-hydroxylation sites is 1. The summed E-state index contributed by atoms with van der Waals surface area (Å²) < 4.78 is 1.82. The molecular weight excluding hydrogens is 360 g/mol. The molecule has 0 spiro atoms. The number of carbonyl (C=O) groups excluding carboxylic acids is 1. The van der Waals surface area contributed by atoms with Gasteiger partial charge in [-0.05, 0) is 48.7 Å². The molecule has 4 rings (SSSR count). The van der Waals surface area contributed by atoms with Gasteiger partial charge in [-0.25, -0.2) is 4.68 Å². The van der Waals surface area contributed by atoms with Gasteiger partial charge in [-0.15, -0.1) is 0 Å². The highest BCUT2D eigenvalue weighted by atomic mass is 35.5. The number of nitrogens with zero attached hydrogens (tertiary/aromatic N) is 3. The predicted octanol–water partition coefficient (Wildman–Crippen LogP) is 3.81. The lowest BCUT2D eigenvalue weighted by Crippen LogP contribution is -2.50. The first-order chi connectivity index (χ1) is 13.2. The van der Waals surface area contributed by atoms with Gasteiger partial charge in [0.2, 0.25) is 5.91 Å². The van der Waals surface area contributed by atoms with Gasteiger partial charge in [0, 0.05) is 25.5 Å². The van der Waals surface area contributed by atoms with E-state index in [1.54, 1.807) is 11.1 Å². The number of aromatic nitrogens is 2. The molecular formula is C21H21ClN4O. The van der Waals surface area contributed by atoms with E-state index in [-0.39, 0.29) is 11.9 Å². The van der Waals surface area contributed by atoms with Crippen molar-refractivity contribution in [2.24, 2.45) is 0 Å². The van der Waals surface area contributed by atoms with E-state index in [0.717, 1.165) is 29.8 Å². The number of hydrogen-bond acceptors (Lipinski definition) is 3. The van der Waals surface area contributed by atoms with Gasteiger partial charge in [0.1, 0.15) is 0 Å². The number of carbonyl (C=O) groups is 1. The summed E-state index contributed by atoms with van der Waals surface area (Å²) >= 11 is 6.28. The normalized spacial score (nSPS) is 17.3. The standard InChI is InChI=1S/C21H21ClN4O/c22-18-5-1-2-7-20(18)25-13-3-6-19(21(25)27)23-15-16-8-10-17(11-9-16)26-14-4-12-24-26/h1-2,4-5,7-12,14,19,23H,3,6,13,15H2/t19-/m1/s1. The van der Waals surface area contributed by atoms with Crippen molar-refractivity contribution in [2.45, 2.75) is 25.4 Å². The first kappa shape index (κ1) is 17.8. The van der Waals surface area contributed by atoms with E-state index < -0.39 is 0 Å². The highest BCUT2D eigenvalue weighted by Gasteiger charge is 2.30. The SMILES string of the molecule is O=C1[C@H](NCc2ccc(-n3cccn3)cc2)CCCN1c1ccccc1Cl. The van der Waals surface area contributed by atoms with Crippen LogP contribution in [-0.2, 0) is 11.3 Å². The smallest absolute Gasteiger partial charge is 0.244 e. The summed E-state index contributed by atoms with van der Waals surface area (Å²) in [6, 6.07) is 17.4. The van der Waals surface area contributed by atoms with Crippen LogP contribution in [0.4, 0.5) is 5.69 Å². The van der Waals surface area contributed by atoms with E-state index >= 15 is 0 Å². The van der Waals surface area contributed by atoms with E-state index in [4.69, 9.17) is 11.6 Å². The molecule has 1 aliphatic heterocycles. The number of anilines is 1. The molecule has 0 unspecified atom stereocenters. The average Bonchev–Trinajstić information content (AvgIpc) is 3.23. The molecule has 2 heterocycles. The number of amides is 1. The molecule has 0 aliphatic carbocycles. The maximum atomic E-state index is 12.9. The van der Waals surface area contributed by atoms with Crippen LogP contribution in [0.25, 0.3) is 5.69 Å². The topological polar surface area (TPSA) is 50.2 Å². The largest absolute Gasteiger partial charge is 0.310 e. The van der Waals surface area contributed by atoms with Crippen LogP contribution in [0.5, 0.6) is 0 Å². The molecule has 3 aromatic rings. The van der Waals surface area contributed by atoms with Gasteiger partial charge in [0.15, 0.2) is 0 Å². The van der Waals surface area contributed by atoms with Gasteiger partial charge in [0.05, 0.1) is 22.4 Å². The fourth-order valence-corrected chi connectivity index (χ4v) is 3.64. The predicted molar refractivity (Wildman–Crippen MR) is 107 cm³/mol. The lowest BCUT2D eigenvalue weighted by atomic mass is 10.0. The number of nitrogens with one attached hydrogen (secondary N) is 1. The number of rotatable bonds is 5. The number of piperidine rings is 1. The first-order valence-electron chi connectivity index (χ1n) is 9.10. The van der Waals surface area contributed by atoms with Crippen molar-refractivity contribution in [1.29, 1.82) is 0 Å². The van der Waals surface area contributed by atoms with Crippen LogP contribution in [0, 0.1) is 0 Å². The number of halogens is 1. The van der Waals surface area contributed by atoms with Crippen molar-refractivity contribution < 1.29 is 4.79 Å². The molecule has 0 saturated carbocycles. The lowest BCUT2D eigenvalue weighted by molar-refractivity contribution is -0.121. The molecule has 6 heteroatoms. The Labute approximate surface area is 163 Å². The third kappa shape index (κ3) is 3.89. The zero-order valence-corrected chi connectivity index (χ0v) is 15.6. The molecule has 1 N–H and O–H groups in total. The Hall–Kier alpha value is -2.63. The Balaban J connectivity index is 1.40.